The monoisotopic (exact) mass is 613 g/mol. The van der Waals surface area contributed by atoms with E-state index in [2.05, 4.69) is 0 Å². The minimum atomic E-state index is -1.95. The lowest BCUT2D eigenvalue weighted by atomic mass is 9.33. The van der Waals surface area contributed by atoms with Crippen LogP contribution in [0, 0.1) is 0 Å². The summed E-state index contributed by atoms with van der Waals surface area (Å²) in [6.45, 7) is -1.95. The van der Waals surface area contributed by atoms with Crippen molar-refractivity contribution in [2.75, 3.05) is 9.80 Å². The molecule has 0 spiro atoms. The number of fused-ring (bicyclic) bond motifs is 7. The predicted molar refractivity (Wildman–Crippen MR) is 193 cm³/mol. The van der Waals surface area contributed by atoms with E-state index in [0.29, 0.717) is 9.80 Å². The van der Waals surface area contributed by atoms with Gasteiger partial charge in [-0.2, -0.15) is 0 Å². The van der Waals surface area contributed by atoms with Crippen LogP contribution >= 0.6 is 0 Å². The fraction of sp³-hybridized carbons (Fsp3) is 0. The summed E-state index contributed by atoms with van der Waals surface area (Å²) in [5.41, 5.74) is -9.29. The van der Waals surface area contributed by atoms with Gasteiger partial charge in [-0.3, -0.25) is 0 Å². The van der Waals surface area contributed by atoms with Crippen molar-refractivity contribution in [2.45, 2.75) is 0 Å². The van der Waals surface area contributed by atoms with Crippen LogP contribution in [0.4, 0.5) is 34.1 Å². The maximum Gasteiger partial charge on any atom is 0.252 e. The van der Waals surface area contributed by atoms with Crippen molar-refractivity contribution in [3.05, 3.63) is 163 Å². The average Bonchev–Trinajstić information content (AvgIpc) is 3.78. The summed E-state index contributed by atoms with van der Waals surface area (Å²) >= 11 is 0. The van der Waals surface area contributed by atoms with Crippen LogP contribution in [0.5, 0.6) is 0 Å². The second-order valence-electron chi connectivity index (χ2n) is 10.1. The van der Waals surface area contributed by atoms with Crippen molar-refractivity contribution in [2.24, 2.45) is 0 Å². The third kappa shape index (κ3) is 3.55. The highest BCUT2D eigenvalue weighted by atomic mass is 16.3. The molecule has 7 aromatic carbocycles. The lowest BCUT2D eigenvalue weighted by Crippen LogP contribution is -2.61. The van der Waals surface area contributed by atoms with E-state index < -0.39 is 253 Å². The molecule has 46 heavy (non-hydrogen) atoms. The van der Waals surface area contributed by atoms with Gasteiger partial charge in [-0.15, -0.1) is 0 Å². The molecule has 0 saturated carbocycles. The molecule has 2 aliphatic heterocycles. The minimum Gasteiger partial charge on any atom is -0.456 e. The molecule has 0 N–H and O–H groups in total. The smallest absolute Gasteiger partial charge is 0.252 e. The molecular formula is C42H27BN2O. The van der Waals surface area contributed by atoms with Gasteiger partial charge in [0.2, 0.25) is 0 Å². The number of hydrogen-bond donors (Lipinski definition) is 0. The molecule has 0 atom stereocenters. The third-order valence-electron chi connectivity index (χ3n) is 7.76. The highest BCUT2D eigenvalue weighted by Crippen LogP contribution is 2.46. The van der Waals surface area contributed by atoms with Crippen LogP contribution < -0.4 is 26.2 Å². The molecule has 0 amide bonds. The Kier molecular flexibility index (Phi) is 2.23. The Bertz CT molecular complexity index is 3960. The lowest BCUT2D eigenvalue weighted by molar-refractivity contribution is 0.669. The molecule has 0 aliphatic carbocycles. The minimum absolute atomic E-state index is 0.452. The molecule has 0 fully saturated rings. The van der Waals surface area contributed by atoms with Gasteiger partial charge < -0.3 is 14.2 Å². The zero-order valence-electron chi connectivity index (χ0n) is 49.9. The molecule has 1 aromatic heterocycles. The van der Waals surface area contributed by atoms with Crippen molar-refractivity contribution < 1.29 is 41.4 Å². The highest BCUT2D eigenvalue weighted by Gasteiger charge is 2.43. The summed E-state index contributed by atoms with van der Waals surface area (Å²) < 4.78 is 250. The van der Waals surface area contributed by atoms with Gasteiger partial charge in [0.05, 0.1) is 42.7 Å². The number of nitrogens with zero attached hydrogens (tertiary/aromatic N) is 2. The maximum absolute atomic E-state index is 9.67. The van der Waals surface area contributed by atoms with Crippen LogP contribution in [0.15, 0.2) is 168 Å². The van der Waals surface area contributed by atoms with E-state index in [1.54, 1.807) is 0 Å². The van der Waals surface area contributed by atoms with Gasteiger partial charge >= 0.3 is 0 Å². The fourth-order valence-corrected chi connectivity index (χ4v) is 5.97. The maximum atomic E-state index is 9.67. The first-order chi connectivity index (χ1) is 34.1. The fourth-order valence-electron chi connectivity index (χ4n) is 5.97. The van der Waals surface area contributed by atoms with Crippen molar-refractivity contribution in [3.8, 4) is 11.1 Å². The summed E-state index contributed by atoms with van der Waals surface area (Å²) in [6, 6.07) is -25.6. The molecule has 0 radical (unpaired) electrons. The van der Waals surface area contributed by atoms with Gasteiger partial charge in [0.25, 0.3) is 6.71 Å². The van der Waals surface area contributed by atoms with Crippen LogP contribution in [0.2, 0.25) is 0 Å². The Morgan fingerprint density at radius 2 is 1.04 bits per heavy atom. The summed E-state index contributed by atoms with van der Waals surface area (Å²) in [4.78, 5) is 1.40. The average molecular weight is 614 g/mol. The Balaban J connectivity index is 1.48. The standard InChI is InChI=1S/C42H27BN2O/c1-2-13-29(14-3-1)44-36-20-9-6-17-33(36)43-34-18-7-10-21-37(34)45(39-23-12-22-38(44)42(39)43)35-19-8-4-15-30(35)28-25-26-41-32(27-28)31-16-5-11-24-40(31)46-41/h1-27H/i1D,2D,3D,4D,5D,6D,7D,8D,9D,10D,11D,12D,13D,14D,15D,16D,17D,18D,19D,20D,21D,22D,23D,24D,25D,26D,27D. The molecule has 2 aliphatic rings. The normalized spacial score (nSPS) is 21.3. The molecule has 10 rings (SSSR count). The van der Waals surface area contributed by atoms with E-state index in [9.17, 15) is 15.1 Å². The van der Waals surface area contributed by atoms with Crippen molar-refractivity contribution in [3.63, 3.8) is 0 Å². The summed E-state index contributed by atoms with van der Waals surface area (Å²) in [5, 5.41) is -0.963. The number of benzene rings is 7. The molecule has 3 nitrogen and oxygen atoms in total. The number of para-hydroxylation sites is 5. The zero-order valence-corrected chi connectivity index (χ0v) is 22.9. The van der Waals surface area contributed by atoms with Crippen LogP contribution in [-0.2, 0) is 0 Å². The second-order valence-corrected chi connectivity index (χ2v) is 10.1. The van der Waals surface area contributed by atoms with Gasteiger partial charge in [0, 0.05) is 44.8 Å². The molecule has 0 unspecified atom stereocenters. The van der Waals surface area contributed by atoms with Crippen molar-refractivity contribution >= 4 is 79.2 Å². The van der Waals surface area contributed by atoms with Gasteiger partial charge in [-0.05, 0) is 82.4 Å². The van der Waals surface area contributed by atoms with Crippen molar-refractivity contribution in [1.29, 1.82) is 0 Å². The molecule has 8 aromatic rings. The van der Waals surface area contributed by atoms with E-state index in [0.717, 1.165) is 0 Å². The van der Waals surface area contributed by atoms with Gasteiger partial charge in [-0.1, -0.05) is 103 Å². The van der Waals surface area contributed by atoms with E-state index in [1.807, 2.05) is 0 Å². The Morgan fingerprint density at radius 1 is 0.457 bits per heavy atom. The van der Waals surface area contributed by atoms with Crippen LogP contribution in [0.25, 0.3) is 33.1 Å². The first kappa shape index (κ1) is 10.5. The van der Waals surface area contributed by atoms with E-state index in [1.165, 1.54) is 0 Å². The molecule has 3 heterocycles. The first-order valence-electron chi connectivity index (χ1n) is 27.1. The zero-order chi connectivity index (χ0) is 53.7. The molecule has 0 saturated heterocycles. The quantitative estimate of drug-likeness (QED) is 0.185. The van der Waals surface area contributed by atoms with Crippen LogP contribution in [0.3, 0.4) is 0 Å². The summed E-state index contributed by atoms with van der Waals surface area (Å²) in [5.74, 6) is 0. The lowest BCUT2D eigenvalue weighted by Gasteiger charge is -2.44. The second kappa shape index (κ2) is 9.75. The Labute approximate surface area is 305 Å². The summed E-state index contributed by atoms with van der Waals surface area (Å²) in [6.07, 6.45) is 0. The SMILES string of the molecule is [2H]c1c([2H])c([2H])c(N2c3c([2H])c([2H])c([2H])c([2H])c3B3c4c([2H])c([2H])c([2H])c([2H])c4N(c4c([2H])c([2H])c([2H])c([2H])c4-c4c([2H])c([2H])c5oc6c([2H])c([2H])c([2H])c([2H])c6c5c4[2H])c4c([2H])c([2H])c([2H])c2c43)c([2H])c1[2H]. The predicted octanol–water partition coefficient (Wildman–Crippen LogP) is 9.34. The van der Waals surface area contributed by atoms with Crippen LogP contribution in [0.1, 0.15) is 37.0 Å². The summed E-state index contributed by atoms with van der Waals surface area (Å²) in [7, 11) is 0. The van der Waals surface area contributed by atoms with Crippen molar-refractivity contribution in [1.82, 2.24) is 0 Å². The van der Waals surface area contributed by atoms with Gasteiger partial charge in [-0.25, -0.2) is 0 Å². The first-order valence-corrected chi connectivity index (χ1v) is 13.6. The van der Waals surface area contributed by atoms with E-state index in [4.69, 9.17) is 26.3 Å². The Hall–Kier alpha value is -6.00. The Morgan fingerprint density at radius 3 is 1.85 bits per heavy atom. The molecule has 0 bridgehead atoms. The van der Waals surface area contributed by atoms with E-state index >= 15 is 0 Å². The highest BCUT2D eigenvalue weighted by molar-refractivity contribution is 7.00. The van der Waals surface area contributed by atoms with E-state index in [-0.39, 0.29) is 0 Å². The number of rotatable bonds is 3. The largest absolute Gasteiger partial charge is 0.456 e. The topological polar surface area (TPSA) is 19.6 Å². The number of hydrogen-bond acceptors (Lipinski definition) is 3. The third-order valence-corrected chi connectivity index (χ3v) is 7.76. The van der Waals surface area contributed by atoms with Gasteiger partial charge in [0.15, 0.2) is 0 Å². The molecule has 214 valence electrons. The van der Waals surface area contributed by atoms with Gasteiger partial charge in [0.1, 0.15) is 11.2 Å². The van der Waals surface area contributed by atoms with Crippen LogP contribution in [-0.4, -0.2) is 6.71 Å². The number of anilines is 6. The number of furan rings is 1. The molecular weight excluding hydrogens is 559 g/mol. The molecule has 4 heteroatoms.